The van der Waals surface area contributed by atoms with Gasteiger partial charge in [-0.25, -0.2) is 4.68 Å². The Morgan fingerprint density at radius 2 is 1.95 bits per heavy atom. The van der Waals surface area contributed by atoms with Gasteiger partial charge in [0.25, 0.3) is 0 Å². The molecule has 0 fully saturated rings. The predicted octanol–water partition coefficient (Wildman–Crippen LogP) is 4.00. The van der Waals surface area contributed by atoms with Crippen LogP contribution in [0.15, 0.2) is 42.5 Å². The third-order valence-electron chi connectivity index (χ3n) is 4.15. The molecule has 0 saturated heterocycles. The molecule has 0 bridgehead atoms. The van der Waals surface area contributed by atoms with Crippen molar-refractivity contribution in [3.63, 3.8) is 0 Å². The van der Waals surface area contributed by atoms with Gasteiger partial charge in [0.2, 0.25) is 0 Å². The Kier molecular flexibility index (Phi) is 4.09. The van der Waals surface area contributed by atoms with Crippen LogP contribution in [0, 0.1) is 0 Å². The Bertz CT molecular complexity index is 779. The summed E-state index contributed by atoms with van der Waals surface area (Å²) in [6.45, 7) is 4.36. The Labute approximate surface area is 130 Å². The molecule has 0 N–H and O–H groups in total. The van der Waals surface area contributed by atoms with Gasteiger partial charge in [0.05, 0.1) is 18.7 Å². The number of fused-ring (bicyclic) bond motifs is 1. The van der Waals surface area contributed by atoms with Gasteiger partial charge in [0, 0.05) is 0 Å². The minimum Gasteiger partial charge on any atom is -0.497 e. The predicted molar refractivity (Wildman–Crippen MR) is 88.3 cm³/mol. The number of aryl methyl sites for hydroxylation is 1. The highest BCUT2D eigenvalue weighted by molar-refractivity contribution is 5.74. The molecule has 4 nitrogen and oxygen atoms in total. The van der Waals surface area contributed by atoms with E-state index in [4.69, 9.17) is 4.74 Å². The highest BCUT2D eigenvalue weighted by atomic mass is 16.5. The summed E-state index contributed by atoms with van der Waals surface area (Å²) in [5, 5.41) is 8.69. The maximum absolute atomic E-state index is 5.35. The maximum atomic E-state index is 5.35. The zero-order chi connectivity index (χ0) is 15.5. The van der Waals surface area contributed by atoms with Crippen LogP contribution in [0.25, 0.3) is 11.0 Å². The number of hydrogen-bond donors (Lipinski definition) is 0. The maximum Gasteiger partial charge on any atom is 0.119 e. The van der Waals surface area contributed by atoms with Crippen molar-refractivity contribution in [1.29, 1.82) is 0 Å². The molecule has 3 aromatic rings. The monoisotopic (exact) mass is 295 g/mol. The first-order chi connectivity index (χ1) is 10.8. The fourth-order valence-corrected chi connectivity index (χ4v) is 2.98. The third kappa shape index (κ3) is 2.45. The lowest BCUT2D eigenvalue weighted by Crippen LogP contribution is -2.13. The number of hydrogen-bond acceptors (Lipinski definition) is 3. The van der Waals surface area contributed by atoms with Crippen LogP contribution in [0.4, 0.5) is 0 Å². The second-order valence-corrected chi connectivity index (χ2v) is 5.37. The first kappa shape index (κ1) is 14.6. The number of nitrogens with zero attached hydrogens (tertiary/aromatic N) is 3. The summed E-state index contributed by atoms with van der Waals surface area (Å²) < 4.78 is 7.39. The topological polar surface area (TPSA) is 39.9 Å². The lowest BCUT2D eigenvalue weighted by atomic mass is 9.96. The third-order valence-corrected chi connectivity index (χ3v) is 4.15. The molecule has 0 radical (unpaired) electrons. The fraction of sp³-hybridized carbons (Fsp3) is 0.333. The van der Waals surface area contributed by atoms with Crippen molar-refractivity contribution in [2.75, 3.05) is 7.11 Å². The summed E-state index contributed by atoms with van der Waals surface area (Å²) >= 11 is 0. The summed E-state index contributed by atoms with van der Waals surface area (Å²) in [4.78, 5) is 0. The van der Waals surface area contributed by atoms with Gasteiger partial charge < -0.3 is 4.74 Å². The molecule has 3 rings (SSSR count). The summed E-state index contributed by atoms with van der Waals surface area (Å²) in [5.41, 5.74) is 4.60. The van der Waals surface area contributed by atoms with Crippen molar-refractivity contribution >= 4 is 11.0 Å². The summed E-state index contributed by atoms with van der Waals surface area (Å²) in [5.74, 6) is 0.902. The SMILES string of the molecule is CCc1cc(OC)ccc1C(CC)n1nnc2ccccc21. The molecule has 0 aliphatic carbocycles. The number of rotatable bonds is 5. The summed E-state index contributed by atoms with van der Waals surface area (Å²) in [7, 11) is 1.71. The Balaban J connectivity index is 2.12. The lowest BCUT2D eigenvalue weighted by Gasteiger charge is -2.20. The molecule has 1 unspecified atom stereocenters. The molecular weight excluding hydrogens is 274 g/mol. The molecule has 22 heavy (non-hydrogen) atoms. The van der Waals surface area contributed by atoms with Gasteiger partial charge in [-0.05, 0) is 48.2 Å². The van der Waals surface area contributed by atoms with Crippen molar-refractivity contribution in [3.05, 3.63) is 53.6 Å². The number of benzene rings is 2. The van der Waals surface area contributed by atoms with E-state index in [0.29, 0.717) is 0 Å². The van der Waals surface area contributed by atoms with Gasteiger partial charge in [0.1, 0.15) is 11.3 Å². The van der Waals surface area contributed by atoms with Gasteiger partial charge in [-0.15, -0.1) is 5.10 Å². The average Bonchev–Trinajstić information content (AvgIpc) is 3.00. The molecule has 2 aromatic carbocycles. The lowest BCUT2D eigenvalue weighted by molar-refractivity contribution is 0.413. The van der Waals surface area contributed by atoms with Gasteiger partial charge >= 0.3 is 0 Å². The number of para-hydroxylation sites is 1. The van der Waals surface area contributed by atoms with E-state index in [1.165, 1.54) is 11.1 Å². The number of aromatic nitrogens is 3. The number of methoxy groups -OCH3 is 1. The molecule has 0 aliphatic rings. The zero-order valence-electron chi connectivity index (χ0n) is 13.3. The van der Waals surface area contributed by atoms with E-state index in [-0.39, 0.29) is 6.04 Å². The van der Waals surface area contributed by atoms with Gasteiger partial charge in [-0.2, -0.15) is 0 Å². The van der Waals surface area contributed by atoms with Crippen molar-refractivity contribution in [2.45, 2.75) is 32.7 Å². The van der Waals surface area contributed by atoms with Crippen molar-refractivity contribution < 1.29 is 4.74 Å². The van der Waals surface area contributed by atoms with Crippen molar-refractivity contribution in [1.82, 2.24) is 15.0 Å². The van der Waals surface area contributed by atoms with E-state index < -0.39 is 0 Å². The van der Waals surface area contributed by atoms with E-state index in [1.807, 2.05) is 28.9 Å². The summed E-state index contributed by atoms with van der Waals surface area (Å²) in [6, 6.07) is 14.6. The second-order valence-electron chi connectivity index (χ2n) is 5.37. The first-order valence-electron chi connectivity index (χ1n) is 7.75. The van der Waals surface area contributed by atoms with Crippen LogP contribution in [-0.2, 0) is 6.42 Å². The van der Waals surface area contributed by atoms with Crippen LogP contribution in [0.5, 0.6) is 5.75 Å². The van der Waals surface area contributed by atoms with Crippen LogP contribution in [0.3, 0.4) is 0 Å². The average molecular weight is 295 g/mol. The molecular formula is C18H21N3O. The van der Waals surface area contributed by atoms with Crippen LogP contribution >= 0.6 is 0 Å². The smallest absolute Gasteiger partial charge is 0.119 e. The largest absolute Gasteiger partial charge is 0.497 e. The molecule has 0 amide bonds. The van der Waals surface area contributed by atoms with Crippen molar-refractivity contribution in [2.24, 2.45) is 0 Å². The number of ether oxygens (including phenoxy) is 1. The van der Waals surface area contributed by atoms with E-state index in [2.05, 4.69) is 42.4 Å². The van der Waals surface area contributed by atoms with Gasteiger partial charge in [-0.1, -0.05) is 37.3 Å². The van der Waals surface area contributed by atoms with E-state index in [0.717, 1.165) is 29.6 Å². The van der Waals surface area contributed by atoms with Crippen LogP contribution in [0.1, 0.15) is 37.4 Å². The Morgan fingerprint density at radius 3 is 2.68 bits per heavy atom. The Morgan fingerprint density at radius 1 is 1.14 bits per heavy atom. The minimum absolute atomic E-state index is 0.188. The fourth-order valence-electron chi connectivity index (χ4n) is 2.98. The molecule has 1 atom stereocenters. The van der Waals surface area contributed by atoms with Crippen LogP contribution in [0.2, 0.25) is 0 Å². The van der Waals surface area contributed by atoms with E-state index in [1.54, 1.807) is 7.11 Å². The van der Waals surface area contributed by atoms with Crippen molar-refractivity contribution in [3.8, 4) is 5.75 Å². The molecule has 0 saturated carbocycles. The summed E-state index contributed by atoms with van der Waals surface area (Å²) in [6.07, 6.45) is 1.93. The van der Waals surface area contributed by atoms with Gasteiger partial charge in [0.15, 0.2) is 0 Å². The standard InChI is InChI=1S/C18H21N3O/c1-4-13-12-14(22-3)10-11-15(13)17(5-2)21-18-9-7-6-8-16(18)19-20-21/h6-12,17H,4-5H2,1-3H3. The molecule has 4 heteroatoms. The molecule has 114 valence electrons. The molecule has 0 spiro atoms. The van der Waals surface area contributed by atoms with E-state index in [9.17, 15) is 0 Å². The first-order valence-corrected chi connectivity index (χ1v) is 7.75. The highest BCUT2D eigenvalue weighted by Crippen LogP contribution is 2.30. The second kappa shape index (κ2) is 6.18. The van der Waals surface area contributed by atoms with Crippen LogP contribution in [-0.4, -0.2) is 22.1 Å². The van der Waals surface area contributed by atoms with Gasteiger partial charge in [-0.3, -0.25) is 0 Å². The molecule has 0 aliphatic heterocycles. The van der Waals surface area contributed by atoms with Crippen LogP contribution < -0.4 is 4.74 Å². The van der Waals surface area contributed by atoms with E-state index >= 15 is 0 Å². The quantitative estimate of drug-likeness (QED) is 0.714. The Hall–Kier alpha value is -2.36. The molecule has 1 heterocycles. The normalized spacial score (nSPS) is 12.5. The highest BCUT2D eigenvalue weighted by Gasteiger charge is 2.19. The minimum atomic E-state index is 0.188. The zero-order valence-corrected chi connectivity index (χ0v) is 13.3. The molecule has 1 aromatic heterocycles.